The molecule has 0 aliphatic rings. The Labute approximate surface area is 166 Å². The van der Waals surface area contributed by atoms with Gasteiger partial charge in [-0.25, -0.2) is 4.39 Å². The number of halogens is 1. The topological polar surface area (TPSA) is 49.4 Å². The zero-order chi connectivity index (χ0) is 20.9. The van der Waals surface area contributed by atoms with E-state index < -0.39 is 6.04 Å². The first kappa shape index (κ1) is 21.6. The SMILES string of the molecule is Cc1cccc(CN(C(=O)Cc2ccc(F)cc2)C(C)C(=O)NC(C)(C)C)c1. The van der Waals surface area contributed by atoms with Gasteiger partial charge >= 0.3 is 0 Å². The van der Waals surface area contributed by atoms with Gasteiger partial charge in [-0.1, -0.05) is 42.0 Å². The average Bonchev–Trinajstić information content (AvgIpc) is 2.59. The summed E-state index contributed by atoms with van der Waals surface area (Å²) < 4.78 is 13.2. The monoisotopic (exact) mass is 384 g/mol. The molecule has 1 N–H and O–H groups in total. The van der Waals surface area contributed by atoms with Crippen LogP contribution in [0.2, 0.25) is 0 Å². The largest absolute Gasteiger partial charge is 0.350 e. The van der Waals surface area contributed by atoms with Gasteiger partial charge < -0.3 is 10.2 Å². The van der Waals surface area contributed by atoms with Crippen molar-refractivity contribution in [2.45, 2.75) is 59.2 Å². The molecule has 5 heteroatoms. The van der Waals surface area contributed by atoms with Crippen molar-refractivity contribution in [1.29, 1.82) is 0 Å². The van der Waals surface area contributed by atoms with E-state index >= 15 is 0 Å². The van der Waals surface area contributed by atoms with Crippen molar-refractivity contribution < 1.29 is 14.0 Å². The first-order chi connectivity index (χ1) is 13.0. The summed E-state index contributed by atoms with van der Waals surface area (Å²) in [6, 6.07) is 13.1. The van der Waals surface area contributed by atoms with Gasteiger partial charge in [-0.3, -0.25) is 9.59 Å². The number of hydrogen-bond acceptors (Lipinski definition) is 2. The summed E-state index contributed by atoms with van der Waals surface area (Å²) in [7, 11) is 0. The summed E-state index contributed by atoms with van der Waals surface area (Å²) in [5.41, 5.74) is 2.38. The van der Waals surface area contributed by atoms with E-state index in [-0.39, 0.29) is 29.6 Å². The quantitative estimate of drug-likeness (QED) is 0.818. The van der Waals surface area contributed by atoms with Gasteiger partial charge in [-0.15, -0.1) is 0 Å². The molecule has 150 valence electrons. The molecule has 0 radical (unpaired) electrons. The van der Waals surface area contributed by atoms with Crippen LogP contribution in [0.25, 0.3) is 0 Å². The second-order valence-corrected chi connectivity index (χ2v) is 8.23. The van der Waals surface area contributed by atoms with E-state index in [2.05, 4.69) is 5.32 Å². The molecule has 0 aromatic heterocycles. The van der Waals surface area contributed by atoms with E-state index in [4.69, 9.17) is 0 Å². The van der Waals surface area contributed by atoms with Gasteiger partial charge in [0, 0.05) is 12.1 Å². The summed E-state index contributed by atoms with van der Waals surface area (Å²) in [5, 5.41) is 2.94. The van der Waals surface area contributed by atoms with Crippen LogP contribution in [0.15, 0.2) is 48.5 Å². The Hall–Kier alpha value is -2.69. The second kappa shape index (κ2) is 9.00. The summed E-state index contributed by atoms with van der Waals surface area (Å²) in [6.07, 6.45) is 0.110. The second-order valence-electron chi connectivity index (χ2n) is 8.23. The molecule has 0 bridgehead atoms. The lowest BCUT2D eigenvalue weighted by Gasteiger charge is -2.31. The van der Waals surface area contributed by atoms with Gasteiger partial charge in [0.2, 0.25) is 11.8 Å². The number of aryl methyl sites for hydroxylation is 1. The van der Waals surface area contributed by atoms with E-state index in [1.807, 2.05) is 52.0 Å². The Kier molecular flexibility index (Phi) is 6.95. The maximum Gasteiger partial charge on any atom is 0.242 e. The number of nitrogens with zero attached hydrogens (tertiary/aromatic N) is 1. The van der Waals surface area contributed by atoms with Crippen LogP contribution in [0.1, 0.15) is 44.4 Å². The van der Waals surface area contributed by atoms with Crippen LogP contribution >= 0.6 is 0 Å². The van der Waals surface area contributed by atoms with Gasteiger partial charge in [0.05, 0.1) is 6.42 Å². The lowest BCUT2D eigenvalue weighted by Crippen LogP contribution is -2.52. The molecular formula is C23H29FN2O2. The molecule has 0 saturated carbocycles. The highest BCUT2D eigenvalue weighted by Crippen LogP contribution is 2.15. The van der Waals surface area contributed by atoms with E-state index in [1.165, 1.54) is 12.1 Å². The Morgan fingerprint density at radius 3 is 2.29 bits per heavy atom. The number of carbonyl (C=O) groups excluding carboxylic acids is 2. The summed E-state index contributed by atoms with van der Waals surface area (Å²) in [6.45, 7) is 9.78. The Bertz CT molecular complexity index is 825. The highest BCUT2D eigenvalue weighted by molar-refractivity contribution is 5.88. The molecule has 0 heterocycles. The molecule has 2 aromatic carbocycles. The van der Waals surface area contributed by atoms with Crippen molar-refractivity contribution in [1.82, 2.24) is 10.2 Å². The molecule has 2 rings (SSSR count). The number of benzene rings is 2. The molecule has 1 atom stereocenters. The van der Waals surface area contributed by atoms with E-state index in [0.29, 0.717) is 12.1 Å². The third kappa shape index (κ3) is 6.48. The van der Waals surface area contributed by atoms with Crippen LogP contribution < -0.4 is 5.32 Å². The smallest absolute Gasteiger partial charge is 0.242 e. The fourth-order valence-electron chi connectivity index (χ4n) is 2.94. The third-order valence-corrected chi connectivity index (χ3v) is 4.37. The highest BCUT2D eigenvalue weighted by Gasteiger charge is 2.28. The van der Waals surface area contributed by atoms with E-state index in [9.17, 15) is 14.0 Å². The number of nitrogens with one attached hydrogen (secondary N) is 1. The summed E-state index contributed by atoms with van der Waals surface area (Å²) in [5.74, 6) is -0.719. The van der Waals surface area contributed by atoms with Crippen molar-refractivity contribution in [2.24, 2.45) is 0 Å². The van der Waals surface area contributed by atoms with Crippen molar-refractivity contribution >= 4 is 11.8 Å². The predicted molar refractivity (Wildman–Crippen MR) is 109 cm³/mol. The molecule has 2 amide bonds. The number of carbonyl (C=O) groups is 2. The maximum atomic E-state index is 13.2. The zero-order valence-electron chi connectivity index (χ0n) is 17.3. The highest BCUT2D eigenvalue weighted by atomic mass is 19.1. The average molecular weight is 384 g/mol. The van der Waals surface area contributed by atoms with Gasteiger partial charge in [-0.05, 0) is 57.9 Å². The molecule has 0 fully saturated rings. The Morgan fingerprint density at radius 1 is 1.07 bits per heavy atom. The van der Waals surface area contributed by atoms with Gasteiger partial charge in [-0.2, -0.15) is 0 Å². The Morgan fingerprint density at radius 2 is 1.71 bits per heavy atom. The first-order valence-electron chi connectivity index (χ1n) is 9.46. The van der Waals surface area contributed by atoms with Crippen molar-refractivity contribution in [2.75, 3.05) is 0 Å². The minimum absolute atomic E-state index is 0.110. The number of hydrogen-bond donors (Lipinski definition) is 1. The van der Waals surface area contributed by atoms with E-state index in [1.54, 1.807) is 24.0 Å². The number of rotatable bonds is 6. The molecule has 4 nitrogen and oxygen atoms in total. The van der Waals surface area contributed by atoms with Crippen LogP contribution in [-0.2, 0) is 22.6 Å². The summed E-state index contributed by atoms with van der Waals surface area (Å²) in [4.78, 5) is 27.3. The molecular weight excluding hydrogens is 355 g/mol. The first-order valence-corrected chi connectivity index (χ1v) is 9.46. The van der Waals surface area contributed by atoms with Crippen LogP contribution in [0.4, 0.5) is 4.39 Å². The Balaban J connectivity index is 2.24. The molecule has 0 aliphatic heterocycles. The zero-order valence-corrected chi connectivity index (χ0v) is 17.3. The predicted octanol–water partition coefficient (Wildman–Crippen LogP) is 4.01. The molecule has 0 spiro atoms. The summed E-state index contributed by atoms with van der Waals surface area (Å²) >= 11 is 0. The van der Waals surface area contributed by atoms with Crippen molar-refractivity contribution in [3.05, 3.63) is 71.0 Å². The van der Waals surface area contributed by atoms with Crippen molar-refractivity contribution in [3.63, 3.8) is 0 Å². The molecule has 1 unspecified atom stereocenters. The minimum Gasteiger partial charge on any atom is -0.350 e. The van der Waals surface area contributed by atoms with Gasteiger partial charge in [0.15, 0.2) is 0 Å². The van der Waals surface area contributed by atoms with Crippen molar-refractivity contribution in [3.8, 4) is 0 Å². The van der Waals surface area contributed by atoms with Gasteiger partial charge in [0.1, 0.15) is 11.9 Å². The van der Waals surface area contributed by atoms with Gasteiger partial charge in [0.25, 0.3) is 0 Å². The molecule has 28 heavy (non-hydrogen) atoms. The van der Waals surface area contributed by atoms with Crippen LogP contribution in [0.3, 0.4) is 0 Å². The minimum atomic E-state index is -0.632. The lowest BCUT2D eigenvalue weighted by atomic mass is 10.1. The molecule has 0 aliphatic carbocycles. The normalized spacial score (nSPS) is 12.4. The lowest BCUT2D eigenvalue weighted by molar-refractivity contribution is -0.140. The molecule has 2 aromatic rings. The van der Waals surface area contributed by atoms with Crippen LogP contribution in [-0.4, -0.2) is 28.3 Å². The third-order valence-electron chi connectivity index (χ3n) is 4.37. The maximum absolute atomic E-state index is 13.2. The fourth-order valence-corrected chi connectivity index (χ4v) is 2.94. The van der Waals surface area contributed by atoms with E-state index in [0.717, 1.165) is 11.1 Å². The standard InChI is InChI=1S/C23H29FN2O2/c1-16-7-6-8-19(13-16)15-26(17(2)22(28)25-23(3,4)5)21(27)14-18-9-11-20(24)12-10-18/h6-13,17H,14-15H2,1-5H3,(H,25,28). The van der Waals surface area contributed by atoms with Crippen LogP contribution in [0, 0.1) is 12.7 Å². The number of amides is 2. The molecule has 0 saturated heterocycles. The fraction of sp³-hybridized carbons (Fsp3) is 0.391. The van der Waals surface area contributed by atoms with Crippen LogP contribution in [0.5, 0.6) is 0 Å².